The van der Waals surface area contributed by atoms with Crippen LogP contribution < -0.4 is 0 Å². The zero-order valence-corrected chi connectivity index (χ0v) is 11.6. The first-order valence-corrected chi connectivity index (χ1v) is 6.31. The van der Waals surface area contributed by atoms with Crippen LogP contribution in [0.5, 0.6) is 0 Å². The molecule has 0 aliphatic rings. The van der Waals surface area contributed by atoms with Gasteiger partial charge in [0.15, 0.2) is 0 Å². The largest absolute Gasteiger partial charge is 0.248 e. The molecule has 1 aromatic carbocycles. The first kappa shape index (κ1) is 12.1. The Labute approximate surface area is 110 Å². The van der Waals surface area contributed by atoms with Gasteiger partial charge in [0.1, 0.15) is 0 Å². The van der Waals surface area contributed by atoms with Crippen LogP contribution in [0.4, 0.5) is 0 Å². The molecule has 2 heteroatoms. The Morgan fingerprint density at radius 1 is 1.35 bits per heavy atom. The number of fused-ring (bicyclic) bond motifs is 1. The normalized spacial score (nSPS) is 11.2. The molecule has 0 aliphatic heterocycles. The van der Waals surface area contributed by atoms with Gasteiger partial charge in [-0.1, -0.05) is 30.9 Å². The lowest BCUT2D eigenvalue weighted by molar-refractivity contribution is 1.33. The van der Waals surface area contributed by atoms with Crippen molar-refractivity contribution in [2.24, 2.45) is 0 Å². The summed E-state index contributed by atoms with van der Waals surface area (Å²) in [6, 6.07) is 6.29. The third-order valence-corrected chi connectivity index (χ3v) is 3.52. The number of hydrogen-bond donors (Lipinski definition) is 0. The molecule has 1 aromatic heterocycles. The minimum absolute atomic E-state index is 0.910. The molecule has 0 N–H and O–H groups in total. The number of rotatable bonds is 2. The Balaban J connectivity index is 2.87. The third-order valence-electron chi connectivity index (χ3n) is 2.67. The highest BCUT2D eigenvalue weighted by Crippen LogP contribution is 2.30. The molecule has 1 nitrogen and oxygen atoms in total. The maximum atomic E-state index is 4.63. The summed E-state index contributed by atoms with van der Waals surface area (Å²) in [4.78, 5) is 4.63. The fourth-order valence-corrected chi connectivity index (χ4v) is 2.52. The van der Waals surface area contributed by atoms with Gasteiger partial charge in [-0.15, -0.1) is 0 Å². The van der Waals surface area contributed by atoms with Crippen LogP contribution in [0.1, 0.15) is 23.7 Å². The third kappa shape index (κ3) is 2.18. The number of aryl methyl sites for hydroxylation is 1. The van der Waals surface area contributed by atoms with Crippen molar-refractivity contribution in [3.63, 3.8) is 0 Å². The predicted molar refractivity (Wildman–Crippen MR) is 79.0 cm³/mol. The Kier molecular flexibility index (Phi) is 3.43. The second-order valence-electron chi connectivity index (χ2n) is 3.95. The summed E-state index contributed by atoms with van der Waals surface area (Å²) in [5.74, 6) is 0. The van der Waals surface area contributed by atoms with E-state index >= 15 is 0 Å². The van der Waals surface area contributed by atoms with Gasteiger partial charge in [0, 0.05) is 15.4 Å². The Morgan fingerprint density at radius 3 is 2.76 bits per heavy atom. The van der Waals surface area contributed by atoms with E-state index in [1.807, 2.05) is 19.1 Å². The number of nitrogens with zero attached hydrogens (tertiary/aromatic N) is 1. The second-order valence-corrected chi connectivity index (χ2v) is 4.74. The molecule has 0 spiro atoms. The first-order valence-electron chi connectivity index (χ1n) is 5.52. The number of allylic oxidation sites excluding steroid dienone is 1. The fraction of sp³-hybridized carbons (Fsp3) is 0.133. The molecule has 0 unspecified atom stereocenters. The Bertz CT molecular complexity index is 612. The van der Waals surface area contributed by atoms with Crippen molar-refractivity contribution in [3.05, 3.63) is 52.1 Å². The van der Waals surface area contributed by atoms with Gasteiger partial charge < -0.3 is 0 Å². The Hall–Kier alpha value is -1.41. The second kappa shape index (κ2) is 4.84. The van der Waals surface area contributed by atoms with E-state index in [2.05, 4.69) is 52.6 Å². The van der Waals surface area contributed by atoms with Crippen LogP contribution in [-0.2, 0) is 0 Å². The maximum absolute atomic E-state index is 4.63. The zero-order valence-electron chi connectivity index (χ0n) is 10.00. The van der Waals surface area contributed by atoms with Crippen molar-refractivity contribution in [2.45, 2.75) is 13.8 Å². The van der Waals surface area contributed by atoms with Crippen LogP contribution in [0.25, 0.3) is 23.1 Å². The highest BCUT2D eigenvalue weighted by molar-refractivity contribution is 9.10. The number of halogens is 1. The molecule has 86 valence electrons. The molecule has 0 atom stereocenters. The summed E-state index contributed by atoms with van der Waals surface area (Å²) in [6.45, 7) is 7.90. The average Bonchev–Trinajstić information content (AvgIpc) is 2.32. The fourth-order valence-electron chi connectivity index (χ4n) is 1.85. The van der Waals surface area contributed by atoms with Crippen molar-refractivity contribution >= 4 is 39.0 Å². The summed E-state index contributed by atoms with van der Waals surface area (Å²) < 4.78 is 1.08. The number of hydrogen-bond acceptors (Lipinski definition) is 1. The van der Waals surface area contributed by atoms with Crippen molar-refractivity contribution in [3.8, 4) is 0 Å². The summed E-state index contributed by atoms with van der Waals surface area (Å²) >= 11 is 3.66. The number of pyridine rings is 1. The molecule has 0 bridgehead atoms. The molecule has 0 aliphatic carbocycles. The Morgan fingerprint density at radius 2 is 2.12 bits per heavy atom. The van der Waals surface area contributed by atoms with Gasteiger partial charge in [0.25, 0.3) is 0 Å². The van der Waals surface area contributed by atoms with E-state index in [9.17, 15) is 0 Å². The minimum atomic E-state index is 0.910. The van der Waals surface area contributed by atoms with Crippen molar-refractivity contribution in [2.75, 3.05) is 0 Å². The van der Waals surface area contributed by atoms with E-state index in [4.69, 9.17) is 0 Å². The summed E-state index contributed by atoms with van der Waals surface area (Å²) in [6.07, 6.45) is 5.85. The van der Waals surface area contributed by atoms with Crippen molar-refractivity contribution in [1.82, 2.24) is 4.98 Å². The van der Waals surface area contributed by atoms with E-state index in [0.717, 1.165) is 26.6 Å². The molecule has 0 radical (unpaired) electrons. The van der Waals surface area contributed by atoms with Crippen LogP contribution in [0.2, 0.25) is 0 Å². The number of benzene rings is 1. The van der Waals surface area contributed by atoms with Crippen molar-refractivity contribution < 1.29 is 0 Å². The average molecular weight is 288 g/mol. The van der Waals surface area contributed by atoms with Crippen molar-refractivity contribution in [1.29, 1.82) is 0 Å². The SMILES string of the molecule is C=Cc1nc2cc(C)ccc2c(Br)c1/C=C\C. The number of aromatic nitrogens is 1. The van der Waals surface area contributed by atoms with E-state index in [1.165, 1.54) is 5.56 Å². The van der Waals surface area contributed by atoms with E-state index in [1.54, 1.807) is 6.08 Å². The van der Waals surface area contributed by atoms with Gasteiger partial charge >= 0.3 is 0 Å². The lowest BCUT2D eigenvalue weighted by Gasteiger charge is -2.08. The van der Waals surface area contributed by atoms with Gasteiger partial charge in [-0.05, 0) is 47.5 Å². The quantitative estimate of drug-likeness (QED) is 0.759. The predicted octanol–water partition coefficient (Wildman–Crippen LogP) is 4.98. The molecule has 0 amide bonds. The molecule has 0 fully saturated rings. The monoisotopic (exact) mass is 287 g/mol. The van der Waals surface area contributed by atoms with Crippen LogP contribution in [0, 0.1) is 6.92 Å². The standard InChI is InChI=1S/C15H14BrN/c1-4-6-11-13(5-2)17-14-9-10(3)7-8-12(14)15(11)16/h4-9H,2H2,1,3H3/b6-4-. The van der Waals surface area contributed by atoms with Gasteiger partial charge in [-0.25, -0.2) is 4.98 Å². The molecule has 2 aromatic rings. The van der Waals surface area contributed by atoms with Crippen LogP contribution >= 0.6 is 15.9 Å². The van der Waals surface area contributed by atoms with Gasteiger partial charge in [0.05, 0.1) is 11.2 Å². The minimum Gasteiger partial charge on any atom is -0.248 e. The molecule has 1 heterocycles. The topological polar surface area (TPSA) is 12.9 Å². The highest BCUT2D eigenvalue weighted by atomic mass is 79.9. The van der Waals surface area contributed by atoms with Crippen LogP contribution in [-0.4, -0.2) is 4.98 Å². The maximum Gasteiger partial charge on any atom is 0.0723 e. The van der Waals surface area contributed by atoms with Gasteiger partial charge in [-0.2, -0.15) is 0 Å². The van der Waals surface area contributed by atoms with Crippen LogP contribution in [0.3, 0.4) is 0 Å². The smallest absolute Gasteiger partial charge is 0.0723 e. The molecule has 0 saturated carbocycles. The molecular weight excluding hydrogens is 274 g/mol. The van der Waals surface area contributed by atoms with E-state index < -0.39 is 0 Å². The molecular formula is C15H14BrN. The zero-order chi connectivity index (χ0) is 12.4. The summed E-state index contributed by atoms with van der Waals surface area (Å²) in [5.41, 5.74) is 4.21. The molecule has 0 saturated heterocycles. The summed E-state index contributed by atoms with van der Waals surface area (Å²) in [7, 11) is 0. The van der Waals surface area contributed by atoms with E-state index in [-0.39, 0.29) is 0 Å². The molecule has 2 rings (SSSR count). The molecule has 17 heavy (non-hydrogen) atoms. The van der Waals surface area contributed by atoms with Crippen LogP contribution in [0.15, 0.2) is 35.3 Å². The van der Waals surface area contributed by atoms with Gasteiger partial charge in [-0.3, -0.25) is 0 Å². The summed E-state index contributed by atoms with van der Waals surface area (Å²) in [5, 5.41) is 1.13. The van der Waals surface area contributed by atoms with E-state index in [0.29, 0.717) is 0 Å². The van der Waals surface area contributed by atoms with Gasteiger partial charge in [0.2, 0.25) is 0 Å². The lowest BCUT2D eigenvalue weighted by atomic mass is 10.1. The lowest BCUT2D eigenvalue weighted by Crippen LogP contribution is -1.92. The first-order chi connectivity index (χ1) is 8.17. The highest BCUT2D eigenvalue weighted by Gasteiger charge is 2.08.